The fraction of sp³-hybridized carbons (Fsp3) is 0.520. The van der Waals surface area contributed by atoms with E-state index in [1.807, 2.05) is 36.5 Å². The summed E-state index contributed by atoms with van der Waals surface area (Å²) in [5.41, 5.74) is 3.30. The molecular formula is C25H35N5O. The molecule has 166 valence electrons. The normalized spacial score (nSPS) is 18.2. The molecular weight excluding hydrogens is 386 g/mol. The van der Waals surface area contributed by atoms with Crippen LogP contribution < -0.4 is 4.90 Å². The van der Waals surface area contributed by atoms with E-state index in [-0.39, 0.29) is 5.91 Å². The maximum Gasteiger partial charge on any atom is 0.253 e. The number of pyridine rings is 1. The smallest absolute Gasteiger partial charge is 0.253 e. The second-order valence-electron chi connectivity index (χ2n) is 8.79. The molecule has 31 heavy (non-hydrogen) atoms. The number of aromatic nitrogens is 1. The van der Waals surface area contributed by atoms with Gasteiger partial charge in [0.05, 0.1) is 0 Å². The Morgan fingerprint density at radius 1 is 0.871 bits per heavy atom. The van der Waals surface area contributed by atoms with E-state index in [0.29, 0.717) is 0 Å². The summed E-state index contributed by atoms with van der Waals surface area (Å²) in [6.45, 7) is 9.20. The molecule has 0 spiro atoms. The van der Waals surface area contributed by atoms with Crippen LogP contribution in [-0.4, -0.2) is 85.0 Å². The number of rotatable bonds is 7. The van der Waals surface area contributed by atoms with Crippen LogP contribution in [0.1, 0.15) is 35.2 Å². The summed E-state index contributed by atoms with van der Waals surface area (Å²) in [4.78, 5) is 26.1. The van der Waals surface area contributed by atoms with Crippen molar-refractivity contribution in [1.82, 2.24) is 19.7 Å². The minimum Gasteiger partial charge on any atom is -0.369 e. The molecule has 2 aromatic rings. The zero-order valence-corrected chi connectivity index (χ0v) is 18.7. The standard InChI is InChI=1S/C25H35N5O/c1-27(15-16-28-13-3-2-4-14-28)25(31)23-7-5-22(6-8-23)21-29-17-19-30(20-18-29)24-9-11-26-12-10-24/h5-12H,2-4,13-21H2,1H3. The lowest BCUT2D eigenvalue weighted by Gasteiger charge is -2.36. The average molecular weight is 422 g/mol. The zero-order chi connectivity index (χ0) is 21.5. The van der Waals surface area contributed by atoms with Gasteiger partial charge in [-0.2, -0.15) is 0 Å². The van der Waals surface area contributed by atoms with Gasteiger partial charge in [0.15, 0.2) is 0 Å². The summed E-state index contributed by atoms with van der Waals surface area (Å²) >= 11 is 0. The molecule has 1 amide bonds. The van der Waals surface area contributed by atoms with Crippen molar-refractivity contribution in [2.75, 3.05) is 64.3 Å². The summed E-state index contributed by atoms with van der Waals surface area (Å²) in [5.74, 6) is 0.120. The number of carbonyl (C=O) groups excluding carboxylic acids is 1. The van der Waals surface area contributed by atoms with Gasteiger partial charge in [-0.1, -0.05) is 18.6 Å². The number of amides is 1. The molecule has 0 unspecified atom stereocenters. The maximum atomic E-state index is 12.8. The quantitative estimate of drug-likeness (QED) is 0.688. The molecule has 1 aromatic heterocycles. The highest BCUT2D eigenvalue weighted by Gasteiger charge is 2.18. The van der Waals surface area contributed by atoms with Crippen LogP contribution in [0.15, 0.2) is 48.8 Å². The molecule has 0 N–H and O–H groups in total. The van der Waals surface area contributed by atoms with Crippen molar-refractivity contribution in [3.63, 3.8) is 0 Å². The first kappa shape index (κ1) is 21.8. The third-order valence-electron chi connectivity index (χ3n) is 6.55. The minimum atomic E-state index is 0.120. The highest BCUT2D eigenvalue weighted by molar-refractivity contribution is 5.94. The number of piperazine rings is 1. The van der Waals surface area contributed by atoms with Crippen LogP contribution in [0.5, 0.6) is 0 Å². The number of hydrogen-bond acceptors (Lipinski definition) is 5. The second kappa shape index (κ2) is 10.7. The van der Waals surface area contributed by atoms with Gasteiger partial charge in [0, 0.05) is 76.5 Å². The van der Waals surface area contributed by atoms with E-state index in [2.05, 4.69) is 43.9 Å². The number of likely N-dealkylation sites (tertiary alicyclic amines) is 1. The first-order valence-corrected chi connectivity index (χ1v) is 11.6. The summed E-state index contributed by atoms with van der Waals surface area (Å²) in [5, 5.41) is 0. The lowest BCUT2D eigenvalue weighted by atomic mass is 10.1. The Hall–Kier alpha value is -2.44. The van der Waals surface area contributed by atoms with Gasteiger partial charge in [-0.25, -0.2) is 0 Å². The van der Waals surface area contributed by atoms with Gasteiger partial charge in [-0.15, -0.1) is 0 Å². The zero-order valence-electron chi connectivity index (χ0n) is 18.7. The van der Waals surface area contributed by atoms with E-state index >= 15 is 0 Å². The van der Waals surface area contributed by atoms with E-state index in [1.54, 1.807) is 0 Å². The Morgan fingerprint density at radius 3 is 2.23 bits per heavy atom. The summed E-state index contributed by atoms with van der Waals surface area (Å²) in [6, 6.07) is 12.4. The Kier molecular flexibility index (Phi) is 7.54. The molecule has 2 aliphatic heterocycles. The molecule has 6 nitrogen and oxygen atoms in total. The predicted molar refractivity (Wildman–Crippen MR) is 125 cm³/mol. The molecule has 3 heterocycles. The molecule has 0 atom stereocenters. The SMILES string of the molecule is CN(CCN1CCCCC1)C(=O)c1ccc(CN2CCN(c3ccncc3)CC2)cc1. The van der Waals surface area contributed by atoms with Gasteiger partial charge in [-0.3, -0.25) is 14.7 Å². The van der Waals surface area contributed by atoms with Crippen LogP contribution in [-0.2, 0) is 6.54 Å². The second-order valence-corrected chi connectivity index (χ2v) is 8.79. The van der Waals surface area contributed by atoms with E-state index in [1.165, 1.54) is 43.6 Å². The van der Waals surface area contributed by atoms with E-state index < -0.39 is 0 Å². The molecule has 2 fully saturated rings. The number of anilines is 1. The van der Waals surface area contributed by atoms with E-state index in [0.717, 1.165) is 51.4 Å². The van der Waals surface area contributed by atoms with Crippen LogP contribution in [0.4, 0.5) is 5.69 Å². The topological polar surface area (TPSA) is 42.9 Å². The highest BCUT2D eigenvalue weighted by Crippen LogP contribution is 2.17. The molecule has 2 saturated heterocycles. The van der Waals surface area contributed by atoms with Crippen molar-refractivity contribution in [3.8, 4) is 0 Å². The Morgan fingerprint density at radius 2 is 1.55 bits per heavy atom. The van der Waals surface area contributed by atoms with Gasteiger partial charge in [0.1, 0.15) is 0 Å². The lowest BCUT2D eigenvalue weighted by molar-refractivity contribution is 0.0773. The van der Waals surface area contributed by atoms with E-state index in [9.17, 15) is 4.79 Å². The molecule has 4 rings (SSSR count). The van der Waals surface area contributed by atoms with Crippen LogP contribution in [0.3, 0.4) is 0 Å². The van der Waals surface area contributed by atoms with Gasteiger partial charge in [0.2, 0.25) is 0 Å². The first-order chi connectivity index (χ1) is 15.2. The number of nitrogens with zero attached hydrogens (tertiary/aromatic N) is 5. The van der Waals surface area contributed by atoms with E-state index in [4.69, 9.17) is 0 Å². The van der Waals surface area contributed by atoms with Crippen molar-refractivity contribution in [1.29, 1.82) is 0 Å². The van der Waals surface area contributed by atoms with Crippen molar-refractivity contribution in [2.45, 2.75) is 25.8 Å². The largest absolute Gasteiger partial charge is 0.369 e. The molecule has 0 aliphatic carbocycles. The fourth-order valence-corrected chi connectivity index (χ4v) is 4.53. The summed E-state index contributed by atoms with van der Waals surface area (Å²) in [6.07, 6.45) is 7.64. The van der Waals surface area contributed by atoms with Gasteiger partial charge >= 0.3 is 0 Å². The van der Waals surface area contributed by atoms with Crippen LogP contribution >= 0.6 is 0 Å². The number of likely N-dealkylation sites (N-methyl/N-ethyl adjacent to an activating group) is 1. The lowest BCUT2D eigenvalue weighted by Crippen LogP contribution is -2.45. The van der Waals surface area contributed by atoms with Crippen molar-refractivity contribution < 1.29 is 4.79 Å². The van der Waals surface area contributed by atoms with Gasteiger partial charge in [-0.05, 0) is 55.8 Å². The molecule has 0 radical (unpaired) electrons. The number of hydrogen-bond donors (Lipinski definition) is 0. The Bertz CT molecular complexity index is 812. The summed E-state index contributed by atoms with van der Waals surface area (Å²) in [7, 11) is 1.92. The molecule has 0 saturated carbocycles. The van der Waals surface area contributed by atoms with Gasteiger partial charge < -0.3 is 14.7 Å². The number of piperidine rings is 1. The fourth-order valence-electron chi connectivity index (χ4n) is 4.53. The highest BCUT2D eigenvalue weighted by atomic mass is 16.2. The molecule has 1 aromatic carbocycles. The Labute approximate surface area is 186 Å². The number of carbonyl (C=O) groups is 1. The molecule has 2 aliphatic rings. The van der Waals surface area contributed by atoms with Crippen molar-refractivity contribution >= 4 is 11.6 Å². The minimum absolute atomic E-state index is 0.120. The molecule has 6 heteroatoms. The van der Waals surface area contributed by atoms with Crippen LogP contribution in [0.2, 0.25) is 0 Å². The predicted octanol–water partition coefficient (Wildman–Crippen LogP) is 2.96. The maximum absolute atomic E-state index is 12.8. The monoisotopic (exact) mass is 421 g/mol. The summed E-state index contributed by atoms with van der Waals surface area (Å²) < 4.78 is 0. The van der Waals surface area contributed by atoms with Crippen molar-refractivity contribution in [3.05, 3.63) is 59.9 Å². The Balaban J connectivity index is 1.23. The third kappa shape index (κ3) is 6.05. The van der Waals surface area contributed by atoms with Crippen LogP contribution in [0, 0.1) is 0 Å². The first-order valence-electron chi connectivity index (χ1n) is 11.6. The molecule has 0 bridgehead atoms. The van der Waals surface area contributed by atoms with Crippen LogP contribution in [0.25, 0.3) is 0 Å². The van der Waals surface area contributed by atoms with Crippen molar-refractivity contribution in [2.24, 2.45) is 0 Å². The van der Waals surface area contributed by atoms with Gasteiger partial charge in [0.25, 0.3) is 5.91 Å². The number of benzene rings is 1. The average Bonchev–Trinajstić information content (AvgIpc) is 2.84. The third-order valence-corrected chi connectivity index (χ3v) is 6.55.